The van der Waals surface area contributed by atoms with Gasteiger partial charge in [0.15, 0.2) is 11.6 Å². The standard InChI is InChI=1S/C14H13BrF2O/c1-2-13-10(6-7-18-13)11(15)8-9-4-3-5-12(16)14(9)17/h3-7,11H,2,8H2,1H3. The van der Waals surface area contributed by atoms with E-state index in [9.17, 15) is 8.78 Å². The molecule has 0 aliphatic carbocycles. The molecule has 0 amide bonds. The summed E-state index contributed by atoms with van der Waals surface area (Å²) in [6.45, 7) is 1.99. The lowest BCUT2D eigenvalue weighted by Gasteiger charge is -2.10. The predicted octanol–water partition coefficient (Wildman–Crippen LogP) is 4.80. The summed E-state index contributed by atoms with van der Waals surface area (Å²) in [6.07, 6.45) is 2.77. The molecule has 0 aliphatic heterocycles. The van der Waals surface area contributed by atoms with E-state index in [0.717, 1.165) is 23.8 Å². The van der Waals surface area contributed by atoms with Gasteiger partial charge in [0, 0.05) is 16.8 Å². The fourth-order valence-electron chi connectivity index (χ4n) is 1.93. The van der Waals surface area contributed by atoms with Crippen LogP contribution in [0.2, 0.25) is 0 Å². The Kier molecular flexibility index (Phi) is 4.17. The second-order valence-corrected chi connectivity index (χ2v) is 5.14. The lowest BCUT2D eigenvalue weighted by atomic mass is 10.0. The molecule has 96 valence electrons. The van der Waals surface area contributed by atoms with Crippen molar-refractivity contribution in [3.63, 3.8) is 0 Å². The van der Waals surface area contributed by atoms with Crippen molar-refractivity contribution in [2.24, 2.45) is 0 Å². The van der Waals surface area contributed by atoms with E-state index in [1.165, 1.54) is 6.07 Å². The highest BCUT2D eigenvalue weighted by molar-refractivity contribution is 9.09. The van der Waals surface area contributed by atoms with Gasteiger partial charge in [0.1, 0.15) is 5.76 Å². The van der Waals surface area contributed by atoms with Gasteiger partial charge in [0.2, 0.25) is 0 Å². The zero-order valence-corrected chi connectivity index (χ0v) is 11.5. The molecule has 1 heterocycles. The fourth-order valence-corrected chi connectivity index (χ4v) is 2.68. The predicted molar refractivity (Wildman–Crippen MR) is 69.8 cm³/mol. The minimum Gasteiger partial charge on any atom is -0.469 e. The molecule has 1 unspecified atom stereocenters. The molecule has 1 nitrogen and oxygen atoms in total. The molecule has 0 fully saturated rings. The molecule has 0 N–H and O–H groups in total. The third kappa shape index (κ3) is 2.64. The molecular formula is C14H13BrF2O. The summed E-state index contributed by atoms with van der Waals surface area (Å²) in [4.78, 5) is -0.0810. The smallest absolute Gasteiger partial charge is 0.162 e. The van der Waals surface area contributed by atoms with Gasteiger partial charge in [-0.2, -0.15) is 0 Å². The molecule has 18 heavy (non-hydrogen) atoms. The van der Waals surface area contributed by atoms with E-state index >= 15 is 0 Å². The first-order valence-electron chi connectivity index (χ1n) is 5.76. The van der Waals surface area contributed by atoms with Crippen molar-refractivity contribution in [2.75, 3.05) is 0 Å². The highest BCUT2D eigenvalue weighted by Crippen LogP contribution is 2.31. The van der Waals surface area contributed by atoms with Crippen LogP contribution < -0.4 is 0 Å². The Balaban J connectivity index is 2.21. The summed E-state index contributed by atoms with van der Waals surface area (Å²) in [6, 6.07) is 6.09. The largest absolute Gasteiger partial charge is 0.469 e. The summed E-state index contributed by atoms with van der Waals surface area (Å²) in [5, 5.41) is 0. The normalized spacial score (nSPS) is 12.7. The van der Waals surface area contributed by atoms with Crippen LogP contribution in [0.1, 0.15) is 28.6 Å². The van der Waals surface area contributed by atoms with Gasteiger partial charge in [-0.15, -0.1) is 0 Å². The molecule has 1 aromatic heterocycles. The second-order valence-electron chi connectivity index (χ2n) is 4.04. The molecule has 1 atom stereocenters. The Morgan fingerprint density at radius 2 is 2.06 bits per heavy atom. The van der Waals surface area contributed by atoms with Crippen molar-refractivity contribution in [3.8, 4) is 0 Å². The van der Waals surface area contributed by atoms with E-state index < -0.39 is 11.6 Å². The van der Waals surface area contributed by atoms with Crippen LogP contribution in [-0.2, 0) is 12.8 Å². The lowest BCUT2D eigenvalue weighted by molar-refractivity contribution is 0.496. The Morgan fingerprint density at radius 1 is 1.28 bits per heavy atom. The Labute approximate surface area is 113 Å². The lowest BCUT2D eigenvalue weighted by Crippen LogP contribution is -2.01. The van der Waals surface area contributed by atoms with E-state index in [-0.39, 0.29) is 4.83 Å². The van der Waals surface area contributed by atoms with E-state index in [4.69, 9.17) is 4.42 Å². The maximum absolute atomic E-state index is 13.6. The quantitative estimate of drug-likeness (QED) is 0.739. The summed E-state index contributed by atoms with van der Waals surface area (Å²) >= 11 is 3.50. The van der Waals surface area contributed by atoms with Crippen molar-refractivity contribution < 1.29 is 13.2 Å². The zero-order valence-electron chi connectivity index (χ0n) is 9.92. The maximum atomic E-state index is 13.6. The highest BCUT2D eigenvalue weighted by Gasteiger charge is 2.17. The van der Waals surface area contributed by atoms with E-state index in [2.05, 4.69) is 15.9 Å². The van der Waals surface area contributed by atoms with Crippen LogP contribution in [0.5, 0.6) is 0 Å². The SMILES string of the molecule is CCc1occc1C(Br)Cc1cccc(F)c1F. The summed E-state index contributed by atoms with van der Waals surface area (Å²) < 4.78 is 32.0. The molecule has 0 spiro atoms. The third-order valence-corrected chi connectivity index (χ3v) is 3.69. The van der Waals surface area contributed by atoms with Gasteiger partial charge in [0.05, 0.1) is 6.26 Å². The summed E-state index contributed by atoms with van der Waals surface area (Å²) in [5.41, 5.74) is 1.35. The van der Waals surface area contributed by atoms with Crippen LogP contribution in [0.3, 0.4) is 0 Å². The maximum Gasteiger partial charge on any atom is 0.162 e. The minimum absolute atomic E-state index is 0.0810. The molecule has 2 aromatic rings. The van der Waals surface area contributed by atoms with Crippen LogP contribution in [-0.4, -0.2) is 0 Å². The van der Waals surface area contributed by atoms with E-state index in [0.29, 0.717) is 12.0 Å². The van der Waals surface area contributed by atoms with E-state index in [1.807, 2.05) is 13.0 Å². The van der Waals surface area contributed by atoms with Crippen LogP contribution in [0, 0.1) is 11.6 Å². The van der Waals surface area contributed by atoms with Gasteiger partial charge in [-0.3, -0.25) is 0 Å². The van der Waals surface area contributed by atoms with Crippen LogP contribution in [0.15, 0.2) is 34.9 Å². The molecule has 0 saturated carbocycles. The van der Waals surface area contributed by atoms with Gasteiger partial charge < -0.3 is 4.42 Å². The number of hydrogen-bond acceptors (Lipinski definition) is 1. The van der Waals surface area contributed by atoms with Crippen molar-refractivity contribution >= 4 is 15.9 Å². The zero-order chi connectivity index (χ0) is 13.1. The van der Waals surface area contributed by atoms with Crippen molar-refractivity contribution in [3.05, 3.63) is 59.1 Å². The number of benzene rings is 1. The van der Waals surface area contributed by atoms with Crippen LogP contribution in [0.25, 0.3) is 0 Å². The molecular weight excluding hydrogens is 302 g/mol. The van der Waals surface area contributed by atoms with Crippen LogP contribution >= 0.6 is 15.9 Å². The Hall–Kier alpha value is -1.16. The molecule has 4 heteroatoms. The van der Waals surface area contributed by atoms with Crippen LogP contribution in [0.4, 0.5) is 8.78 Å². The average molecular weight is 315 g/mol. The van der Waals surface area contributed by atoms with E-state index in [1.54, 1.807) is 12.3 Å². The van der Waals surface area contributed by atoms with Gasteiger partial charge in [-0.25, -0.2) is 8.78 Å². The van der Waals surface area contributed by atoms with Gasteiger partial charge >= 0.3 is 0 Å². The first-order chi connectivity index (χ1) is 8.63. The second kappa shape index (κ2) is 5.65. The Morgan fingerprint density at radius 3 is 2.78 bits per heavy atom. The fraction of sp³-hybridized carbons (Fsp3) is 0.286. The third-order valence-electron chi connectivity index (χ3n) is 2.87. The number of aryl methyl sites for hydroxylation is 1. The monoisotopic (exact) mass is 314 g/mol. The Bertz CT molecular complexity index is 536. The molecule has 0 aliphatic rings. The number of alkyl halides is 1. The topological polar surface area (TPSA) is 13.1 Å². The number of hydrogen-bond donors (Lipinski definition) is 0. The summed E-state index contributed by atoms with van der Waals surface area (Å²) in [7, 11) is 0. The first kappa shape index (κ1) is 13.3. The summed E-state index contributed by atoms with van der Waals surface area (Å²) in [5.74, 6) is -0.715. The highest BCUT2D eigenvalue weighted by atomic mass is 79.9. The first-order valence-corrected chi connectivity index (χ1v) is 6.68. The molecule has 0 bridgehead atoms. The average Bonchev–Trinajstić information content (AvgIpc) is 2.83. The molecule has 2 rings (SSSR count). The number of rotatable bonds is 4. The molecule has 1 aromatic carbocycles. The van der Waals surface area contributed by atoms with Crippen molar-refractivity contribution in [1.82, 2.24) is 0 Å². The number of furan rings is 1. The van der Waals surface area contributed by atoms with Gasteiger partial charge in [-0.05, 0) is 24.1 Å². The minimum atomic E-state index is -0.810. The molecule has 0 radical (unpaired) electrons. The molecule has 0 saturated heterocycles. The van der Waals surface area contributed by atoms with Gasteiger partial charge in [-0.1, -0.05) is 35.0 Å². The van der Waals surface area contributed by atoms with Crippen molar-refractivity contribution in [2.45, 2.75) is 24.6 Å². The van der Waals surface area contributed by atoms with Gasteiger partial charge in [0.25, 0.3) is 0 Å². The van der Waals surface area contributed by atoms with Crippen molar-refractivity contribution in [1.29, 1.82) is 0 Å². The number of halogens is 3.